The van der Waals surface area contributed by atoms with Crippen LogP contribution in [0.5, 0.6) is 0 Å². The van der Waals surface area contributed by atoms with E-state index in [2.05, 4.69) is 59.4 Å². The van der Waals surface area contributed by atoms with Crippen LogP contribution in [0.3, 0.4) is 0 Å². The van der Waals surface area contributed by atoms with Crippen molar-refractivity contribution in [1.82, 2.24) is 5.32 Å². The van der Waals surface area contributed by atoms with E-state index in [1.165, 1.54) is 37.7 Å². The third-order valence-electron chi connectivity index (χ3n) is 5.51. The Morgan fingerprint density at radius 1 is 1.29 bits per heavy atom. The van der Waals surface area contributed by atoms with Crippen LogP contribution in [0.25, 0.3) is 0 Å². The average Bonchev–Trinajstić information content (AvgIpc) is 2.99. The van der Waals surface area contributed by atoms with E-state index in [9.17, 15) is 0 Å². The second-order valence-electron chi connectivity index (χ2n) is 6.61. The number of hydrogen-bond acceptors (Lipinski definition) is 2. The van der Waals surface area contributed by atoms with Gasteiger partial charge in [-0.3, -0.25) is 0 Å². The molecule has 1 spiro atoms. The van der Waals surface area contributed by atoms with Crippen LogP contribution in [0.4, 0.5) is 0 Å². The Morgan fingerprint density at radius 3 is 2.57 bits per heavy atom. The Hall–Kier alpha value is -0.380. The summed E-state index contributed by atoms with van der Waals surface area (Å²) in [7, 11) is 0. The van der Waals surface area contributed by atoms with Crippen LogP contribution in [0, 0.1) is 5.41 Å². The van der Waals surface area contributed by atoms with Gasteiger partial charge < -0.3 is 10.1 Å². The highest BCUT2D eigenvalue weighted by atomic mass is 79.9. The maximum Gasteiger partial charge on any atom is 0.0661 e. The molecular weight excluding hydrogens is 326 g/mol. The van der Waals surface area contributed by atoms with Gasteiger partial charge in [0.1, 0.15) is 0 Å². The van der Waals surface area contributed by atoms with E-state index >= 15 is 0 Å². The van der Waals surface area contributed by atoms with Crippen LogP contribution in [0.2, 0.25) is 0 Å². The molecule has 0 aliphatic heterocycles. The Labute approximate surface area is 136 Å². The lowest BCUT2D eigenvalue weighted by molar-refractivity contribution is -0.132. The molecule has 21 heavy (non-hydrogen) atoms. The molecule has 0 amide bonds. The van der Waals surface area contributed by atoms with Crippen LogP contribution < -0.4 is 5.32 Å². The summed E-state index contributed by atoms with van der Waals surface area (Å²) >= 11 is 3.51. The summed E-state index contributed by atoms with van der Waals surface area (Å²) in [5.74, 6) is 0. The number of ether oxygens (including phenoxy) is 1. The van der Waals surface area contributed by atoms with Crippen molar-refractivity contribution in [1.29, 1.82) is 0 Å². The van der Waals surface area contributed by atoms with E-state index in [0.29, 0.717) is 23.6 Å². The molecule has 2 saturated carbocycles. The fourth-order valence-electron chi connectivity index (χ4n) is 4.27. The minimum Gasteiger partial charge on any atom is -0.378 e. The highest BCUT2D eigenvalue weighted by molar-refractivity contribution is 9.10. The molecule has 3 atom stereocenters. The van der Waals surface area contributed by atoms with Gasteiger partial charge in [0.25, 0.3) is 0 Å². The largest absolute Gasteiger partial charge is 0.378 e. The topological polar surface area (TPSA) is 21.3 Å². The third kappa shape index (κ3) is 2.93. The van der Waals surface area contributed by atoms with Gasteiger partial charge in [-0.15, -0.1) is 0 Å². The number of halogens is 1. The van der Waals surface area contributed by atoms with E-state index in [0.717, 1.165) is 11.1 Å². The van der Waals surface area contributed by atoms with E-state index in [1.807, 2.05) is 0 Å². The molecule has 3 heteroatoms. The first-order chi connectivity index (χ1) is 10.2. The molecular formula is C18H26BrNO. The molecule has 2 nitrogen and oxygen atoms in total. The smallest absolute Gasteiger partial charge is 0.0661 e. The van der Waals surface area contributed by atoms with Gasteiger partial charge in [-0.2, -0.15) is 0 Å². The van der Waals surface area contributed by atoms with Gasteiger partial charge in [0.15, 0.2) is 0 Å². The molecule has 1 aromatic rings. The summed E-state index contributed by atoms with van der Waals surface area (Å²) in [6.45, 7) is 5.25. The zero-order chi connectivity index (χ0) is 14.9. The number of hydrogen-bond donors (Lipinski definition) is 1. The van der Waals surface area contributed by atoms with Gasteiger partial charge in [-0.05, 0) is 50.8 Å². The second-order valence-corrected chi connectivity index (χ2v) is 7.53. The van der Waals surface area contributed by atoms with Crippen molar-refractivity contribution >= 4 is 15.9 Å². The Bertz CT molecular complexity index is 467. The monoisotopic (exact) mass is 351 g/mol. The van der Waals surface area contributed by atoms with Gasteiger partial charge >= 0.3 is 0 Å². The van der Waals surface area contributed by atoms with Gasteiger partial charge in [0, 0.05) is 28.6 Å². The van der Waals surface area contributed by atoms with Crippen LogP contribution in [-0.2, 0) is 4.74 Å². The number of rotatable bonds is 5. The highest BCUT2D eigenvalue weighted by Crippen LogP contribution is 2.55. The molecule has 1 N–H and O–H groups in total. The Kier molecular flexibility index (Phi) is 4.72. The summed E-state index contributed by atoms with van der Waals surface area (Å²) in [6.07, 6.45) is 7.07. The molecule has 3 rings (SSSR count). The molecule has 0 saturated heterocycles. The first kappa shape index (κ1) is 15.5. The molecule has 1 aromatic carbocycles. The minimum absolute atomic E-state index is 0.406. The second kappa shape index (κ2) is 6.39. The zero-order valence-corrected chi connectivity index (χ0v) is 14.7. The van der Waals surface area contributed by atoms with Crippen molar-refractivity contribution in [3.63, 3.8) is 0 Å². The summed E-state index contributed by atoms with van der Waals surface area (Å²) in [5.41, 5.74) is 1.78. The molecule has 2 fully saturated rings. The van der Waals surface area contributed by atoms with E-state index < -0.39 is 0 Å². The van der Waals surface area contributed by atoms with Gasteiger partial charge in [0.05, 0.1) is 6.10 Å². The Balaban J connectivity index is 1.66. The summed E-state index contributed by atoms with van der Waals surface area (Å²) in [4.78, 5) is 0. The predicted octanol–water partition coefficient (Wildman–Crippen LogP) is 4.84. The number of benzene rings is 1. The van der Waals surface area contributed by atoms with E-state index in [1.54, 1.807) is 0 Å². The molecule has 0 heterocycles. The Morgan fingerprint density at radius 2 is 1.95 bits per heavy atom. The quantitative estimate of drug-likeness (QED) is 0.819. The molecule has 3 unspecified atom stereocenters. The highest BCUT2D eigenvalue weighted by Gasteiger charge is 2.56. The SMILES string of the molecule is CCOC1CC(NC(C)c2ccc(Br)cc2)C12CCCC2. The molecule has 116 valence electrons. The summed E-state index contributed by atoms with van der Waals surface area (Å²) < 4.78 is 7.15. The minimum atomic E-state index is 0.406. The lowest BCUT2D eigenvalue weighted by atomic mass is 9.60. The average molecular weight is 352 g/mol. The standard InChI is InChI=1S/C18H26BrNO/c1-3-21-17-12-16(18(17)10-4-5-11-18)20-13(2)14-6-8-15(19)9-7-14/h6-9,13,16-17,20H,3-5,10-12H2,1-2H3. The van der Waals surface area contributed by atoms with Crippen LogP contribution in [0.1, 0.15) is 57.6 Å². The molecule has 0 radical (unpaired) electrons. The van der Waals surface area contributed by atoms with Crippen LogP contribution in [-0.4, -0.2) is 18.8 Å². The normalized spacial score (nSPS) is 28.5. The van der Waals surface area contributed by atoms with Crippen LogP contribution >= 0.6 is 15.9 Å². The first-order valence-corrected chi connectivity index (χ1v) is 9.08. The zero-order valence-electron chi connectivity index (χ0n) is 13.1. The summed E-state index contributed by atoms with van der Waals surface area (Å²) in [5, 5.41) is 3.88. The van der Waals surface area contributed by atoms with Crippen molar-refractivity contribution in [2.24, 2.45) is 5.41 Å². The summed E-state index contributed by atoms with van der Waals surface area (Å²) in [6, 6.07) is 9.70. The fourth-order valence-corrected chi connectivity index (χ4v) is 4.53. The predicted molar refractivity (Wildman–Crippen MR) is 90.4 cm³/mol. The van der Waals surface area contributed by atoms with Crippen LogP contribution in [0.15, 0.2) is 28.7 Å². The van der Waals surface area contributed by atoms with E-state index in [-0.39, 0.29) is 0 Å². The first-order valence-electron chi connectivity index (χ1n) is 8.29. The molecule has 2 aliphatic rings. The van der Waals surface area contributed by atoms with Crippen molar-refractivity contribution in [3.8, 4) is 0 Å². The lowest BCUT2D eigenvalue weighted by Crippen LogP contribution is -2.63. The van der Waals surface area contributed by atoms with Gasteiger partial charge in [-0.1, -0.05) is 40.9 Å². The fraction of sp³-hybridized carbons (Fsp3) is 0.667. The number of nitrogens with one attached hydrogen (secondary N) is 1. The maximum absolute atomic E-state index is 6.00. The van der Waals surface area contributed by atoms with Crippen molar-refractivity contribution in [2.45, 2.75) is 64.1 Å². The molecule has 0 aromatic heterocycles. The molecule has 0 bridgehead atoms. The van der Waals surface area contributed by atoms with Crippen molar-refractivity contribution in [3.05, 3.63) is 34.3 Å². The lowest BCUT2D eigenvalue weighted by Gasteiger charge is -2.55. The van der Waals surface area contributed by atoms with Gasteiger partial charge in [0.2, 0.25) is 0 Å². The van der Waals surface area contributed by atoms with Crippen molar-refractivity contribution in [2.75, 3.05) is 6.61 Å². The van der Waals surface area contributed by atoms with E-state index in [4.69, 9.17) is 4.74 Å². The third-order valence-corrected chi connectivity index (χ3v) is 6.04. The van der Waals surface area contributed by atoms with Crippen molar-refractivity contribution < 1.29 is 4.74 Å². The van der Waals surface area contributed by atoms with Gasteiger partial charge in [-0.25, -0.2) is 0 Å². The molecule has 2 aliphatic carbocycles. The maximum atomic E-state index is 6.00.